The van der Waals surface area contributed by atoms with Gasteiger partial charge in [0.2, 0.25) is 11.8 Å². The average Bonchev–Trinajstić information content (AvgIpc) is 3.29. The van der Waals surface area contributed by atoms with Gasteiger partial charge in [0, 0.05) is 24.4 Å². The van der Waals surface area contributed by atoms with Gasteiger partial charge in [-0.1, -0.05) is 82.9 Å². The quantitative estimate of drug-likeness (QED) is 0.331. The molecule has 2 aromatic rings. The molecule has 0 aliphatic carbocycles. The van der Waals surface area contributed by atoms with Crippen LogP contribution in [0.25, 0.3) is 0 Å². The van der Waals surface area contributed by atoms with Gasteiger partial charge in [-0.05, 0) is 29.3 Å². The molecule has 5 heteroatoms. The molecule has 1 heterocycles. The zero-order valence-corrected chi connectivity index (χ0v) is 20.2. The predicted molar refractivity (Wildman–Crippen MR) is 130 cm³/mol. The van der Waals surface area contributed by atoms with Gasteiger partial charge in [0.1, 0.15) is 0 Å². The molecule has 0 unspecified atom stereocenters. The van der Waals surface area contributed by atoms with Crippen molar-refractivity contribution in [2.75, 3.05) is 13.1 Å². The second-order valence-corrected chi connectivity index (χ2v) is 9.45. The topological polar surface area (TPSA) is 40.6 Å². The molecular formula is C26H38N2O2S. The molecule has 0 radical (unpaired) electrons. The Labute approximate surface area is 192 Å². The van der Waals surface area contributed by atoms with Crippen LogP contribution in [0.1, 0.15) is 69.7 Å². The lowest BCUT2D eigenvalue weighted by atomic mass is 10.1. The highest BCUT2D eigenvalue weighted by atomic mass is 32.1. The van der Waals surface area contributed by atoms with Gasteiger partial charge in [0.15, 0.2) is 0 Å². The lowest BCUT2D eigenvalue weighted by Crippen LogP contribution is -2.44. The normalized spacial score (nSPS) is 11.8. The third-order valence-corrected chi connectivity index (χ3v) is 6.51. The SMILES string of the molecule is CCCCCCC(=O)N(CC(=O)N(Cc1ccccc1)Cc1cccs1)C[C@@H](C)CC. The van der Waals surface area contributed by atoms with Crippen LogP contribution >= 0.6 is 11.3 Å². The van der Waals surface area contributed by atoms with Crippen molar-refractivity contribution in [1.29, 1.82) is 0 Å². The standard InChI is InChI=1S/C26H38N2O2S/c1-4-6-7-11-16-25(29)27(18-22(3)5-2)21-26(30)28(20-24-15-12-17-31-24)19-23-13-9-8-10-14-23/h8-10,12-15,17,22H,4-7,11,16,18-21H2,1-3H3/t22-/m0/s1. The number of nitrogens with zero attached hydrogens (tertiary/aromatic N) is 2. The van der Waals surface area contributed by atoms with E-state index in [1.165, 1.54) is 0 Å². The van der Waals surface area contributed by atoms with Crippen LogP contribution in [0.15, 0.2) is 47.8 Å². The molecule has 0 N–H and O–H groups in total. The van der Waals surface area contributed by atoms with Crippen LogP contribution in [0.3, 0.4) is 0 Å². The molecule has 170 valence electrons. The van der Waals surface area contributed by atoms with Crippen LogP contribution in [0.4, 0.5) is 0 Å². The number of amides is 2. The molecule has 0 saturated carbocycles. The molecule has 31 heavy (non-hydrogen) atoms. The zero-order valence-electron chi connectivity index (χ0n) is 19.4. The van der Waals surface area contributed by atoms with Crippen molar-refractivity contribution < 1.29 is 9.59 Å². The first-order valence-corrected chi connectivity index (χ1v) is 12.5. The third-order valence-electron chi connectivity index (χ3n) is 5.65. The van der Waals surface area contributed by atoms with E-state index in [1.54, 1.807) is 16.2 Å². The Kier molecular flexibility index (Phi) is 11.4. The number of benzene rings is 1. The highest BCUT2D eigenvalue weighted by Crippen LogP contribution is 2.16. The second kappa shape index (κ2) is 14.0. The fourth-order valence-electron chi connectivity index (χ4n) is 3.51. The molecule has 4 nitrogen and oxygen atoms in total. The predicted octanol–water partition coefficient (Wildman–Crippen LogP) is 6.12. The van der Waals surface area contributed by atoms with Crippen LogP contribution in [0.2, 0.25) is 0 Å². The fourth-order valence-corrected chi connectivity index (χ4v) is 4.23. The van der Waals surface area contributed by atoms with Crippen molar-refractivity contribution in [3.63, 3.8) is 0 Å². The van der Waals surface area contributed by atoms with Gasteiger partial charge in [-0.3, -0.25) is 9.59 Å². The van der Waals surface area contributed by atoms with E-state index >= 15 is 0 Å². The summed E-state index contributed by atoms with van der Waals surface area (Å²) in [7, 11) is 0. The van der Waals surface area contributed by atoms with Gasteiger partial charge in [-0.25, -0.2) is 0 Å². The minimum atomic E-state index is 0.0162. The third kappa shape index (κ3) is 9.26. The van der Waals surface area contributed by atoms with Gasteiger partial charge in [-0.2, -0.15) is 0 Å². The molecule has 1 aromatic carbocycles. The molecule has 2 rings (SSSR count). The summed E-state index contributed by atoms with van der Waals surface area (Å²) in [5.41, 5.74) is 1.10. The van der Waals surface area contributed by atoms with Crippen LogP contribution in [0.5, 0.6) is 0 Å². The summed E-state index contributed by atoms with van der Waals surface area (Å²) in [4.78, 5) is 31.2. The van der Waals surface area contributed by atoms with Crippen molar-refractivity contribution in [3.8, 4) is 0 Å². The van der Waals surface area contributed by atoms with Crippen molar-refractivity contribution in [2.24, 2.45) is 5.92 Å². The smallest absolute Gasteiger partial charge is 0.242 e. The van der Waals surface area contributed by atoms with Gasteiger partial charge in [-0.15, -0.1) is 11.3 Å². The molecular weight excluding hydrogens is 404 g/mol. The maximum Gasteiger partial charge on any atom is 0.242 e. The van der Waals surface area contributed by atoms with Gasteiger partial charge >= 0.3 is 0 Å². The number of hydrogen-bond acceptors (Lipinski definition) is 3. The fraction of sp³-hybridized carbons (Fsp3) is 0.538. The summed E-state index contributed by atoms with van der Waals surface area (Å²) in [6, 6.07) is 14.2. The number of thiophene rings is 1. The Morgan fingerprint density at radius 2 is 1.68 bits per heavy atom. The van der Waals surface area contributed by atoms with E-state index in [-0.39, 0.29) is 18.4 Å². The van der Waals surface area contributed by atoms with Crippen molar-refractivity contribution >= 4 is 23.2 Å². The summed E-state index contributed by atoms with van der Waals surface area (Å²) >= 11 is 1.66. The molecule has 0 saturated heterocycles. The van der Waals surface area contributed by atoms with Crippen LogP contribution < -0.4 is 0 Å². The first kappa shape index (κ1) is 25.1. The lowest BCUT2D eigenvalue weighted by Gasteiger charge is -2.29. The van der Waals surface area contributed by atoms with Crippen molar-refractivity contribution in [1.82, 2.24) is 9.80 Å². The summed E-state index contributed by atoms with van der Waals surface area (Å²) in [5, 5.41) is 2.04. The van der Waals surface area contributed by atoms with E-state index in [9.17, 15) is 9.59 Å². The Balaban J connectivity index is 2.09. The van der Waals surface area contributed by atoms with E-state index in [4.69, 9.17) is 0 Å². The molecule has 0 fully saturated rings. The molecule has 0 aliphatic rings. The minimum absolute atomic E-state index is 0.0162. The second-order valence-electron chi connectivity index (χ2n) is 8.41. The summed E-state index contributed by atoms with van der Waals surface area (Å²) in [6.07, 6.45) is 5.82. The van der Waals surface area contributed by atoms with Crippen LogP contribution in [-0.2, 0) is 22.7 Å². The Bertz CT molecular complexity index is 761. The molecule has 0 spiro atoms. The Morgan fingerprint density at radius 1 is 0.903 bits per heavy atom. The van der Waals surface area contributed by atoms with E-state index in [0.29, 0.717) is 32.0 Å². The largest absolute Gasteiger partial charge is 0.333 e. The maximum absolute atomic E-state index is 13.4. The number of carbonyl (C=O) groups is 2. The van der Waals surface area contributed by atoms with Gasteiger partial charge in [0.25, 0.3) is 0 Å². The summed E-state index contributed by atoms with van der Waals surface area (Å²) < 4.78 is 0. The molecule has 0 aliphatic heterocycles. The molecule has 0 bridgehead atoms. The first-order chi connectivity index (χ1) is 15.0. The number of rotatable bonds is 14. The summed E-state index contributed by atoms with van der Waals surface area (Å²) in [6.45, 7) is 8.39. The van der Waals surface area contributed by atoms with Crippen LogP contribution in [0, 0.1) is 5.92 Å². The number of carbonyl (C=O) groups excluding carboxylic acids is 2. The van der Waals surface area contributed by atoms with E-state index < -0.39 is 0 Å². The Morgan fingerprint density at radius 3 is 2.32 bits per heavy atom. The van der Waals surface area contributed by atoms with E-state index in [0.717, 1.165) is 42.5 Å². The molecule has 2 amide bonds. The van der Waals surface area contributed by atoms with Crippen LogP contribution in [-0.4, -0.2) is 34.7 Å². The van der Waals surface area contributed by atoms with E-state index in [1.807, 2.05) is 46.7 Å². The van der Waals surface area contributed by atoms with Crippen molar-refractivity contribution in [3.05, 3.63) is 58.3 Å². The Hall–Kier alpha value is -2.14. The molecule has 1 aromatic heterocycles. The minimum Gasteiger partial charge on any atom is -0.333 e. The zero-order chi connectivity index (χ0) is 22.5. The van der Waals surface area contributed by atoms with Gasteiger partial charge in [0.05, 0.1) is 13.1 Å². The molecule has 1 atom stereocenters. The average molecular weight is 443 g/mol. The summed E-state index contributed by atoms with van der Waals surface area (Å²) in [5.74, 6) is 0.510. The monoisotopic (exact) mass is 442 g/mol. The number of unbranched alkanes of at least 4 members (excludes halogenated alkanes) is 3. The lowest BCUT2D eigenvalue weighted by molar-refractivity contribution is -0.141. The highest BCUT2D eigenvalue weighted by molar-refractivity contribution is 7.09. The maximum atomic E-state index is 13.4. The van der Waals surface area contributed by atoms with Gasteiger partial charge < -0.3 is 9.80 Å². The van der Waals surface area contributed by atoms with Crippen molar-refractivity contribution in [2.45, 2.75) is 72.4 Å². The number of hydrogen-bond donors (Lipinski definition) is 0. The van der Waals surface area contributed by atoms with E-state index in [2.05, 4.69) is 26.8 Å². The first-order valence-electron chi connectivity index (χ1n) is 11.6. The highest BCUT2D eigenvalue weighted by Gasteiger charge is 2.23.